The molecule has 3 fully saturated rings. The van der Waals surface area contributed by atoms with E-state index in [9.17, 15) is 25.2 Å². The van der Waals surface area contributed by atoms with E-state index in [0.717, 1.165) is 91.1 Å². The Morgan fingerprint density at radius 2 is 1.78 bits per heavy atom. The molecule has 13 heteroatoms. The SMILES string of the molecule is NC1NCC23CSSCc4c(CCC(=O)CC(O)C5C=CC(C6CCCCC6)CC5O)c(O)cc5c4OC4C(C#CC(O)c6ccc1c2c6C(c1c[nH]c2cn4cc12)C1(CCCC1)C3)C1(C#CO5)CCCC1. The van der Waals surface area contributed by atoms with E-state index in [1.165, 1.54) is 48.8 Å². The summed E-state index contributed by atoms with van der Waals surface area (Å²) in [7, 11) is 3.53. The van der Waals surface area contributed by atoms with Crippen molar-refractivity contribution in [3.8, 4) is 41.1 Å². The Morgan fingerprint density at radius 3 is 2.60 bits per heavy atom. The van der Waals surface area contributed by atoms with Crippen LogP contribution in [-0.2, 0) is 22.4 Å². The number of phenols is 1. The van der Waals surface area contributed by atoms with Crippen LogP contribution >= 0.6 is 21.6 Å². The second-order valence-electron chi connectivity index (χ2n) is 23.3. The smallest absolute Gasteiger partial charge is 0.191 e. The van der Waals surface area contributed by atoms with Crippen molar-refractivity contribution < 1.29 is 34.7 Å². The number of phenolic OH excluding ortho intramolecular Hbond substituents is 1. The Labute approximate surface area is 430 Å². The highest BCUT2D eigenvalue weighted by atomic mass is 33.1. The van der Waals surface area contributed by atoms with Crippen LogP contribution in [0.5, 0.6) is 17.2 Å². The van der Waals surface area contributed by atoms with Crippen molar-refractivity contribution in [2.75, 3.05) is 12.3 Å². The van der Waals surface area contributed by atoms with Gasteiger partial charge < -0.3 is 45.2 Å². The van der Waals surface area contributed by atoms with Crippen LogP contribution in [0.3, 0.4) is 0 Å². The third-order valence-electron chi connectivity index (χ3n) is 19.3. The van der Waals surface area contributed by atoms with Crippen LogP contribution in [0.15, 0.2) is 48.9 Å². The number of aliphatic hydroxyl groups excluding tert-OH is 3. The number of allylic oxidation sites excluding steroid dienone is 1. The summed E-state index contributed by atoms with van der Waals surface area (Å²) in [6.45, 7) is 0.705. The standard InChI is InChI=1S/C59H68N4O7S2/c60-55-40-15-14-39-46(65)17-16-44-56-63-28-42-41(27-61-45(42)29-63)53-51(39)52(40)59(32-62-55,31-58(53)20-6-7-21-58)33-72-71-30-43-37(49(68)26-50(54(43)70-56)69-23-22-57(44)18-4-5-19-57)13-11-36(64)25-48(67)38-12-10-35(24-47(38)66)34-8-2-1-3-9-34/h10,12,14-15,26-29,34-35,38,44,46-48,53,55-56,61-62,65-68H,1-9,11,13,18-21,24-25,30-33,60H2. The zero-order valence-corrected chi connectivity index (χ0v) is 42.7. The molecule has 10 atom stereocenters. The molecule has 6 aliphatic heterocycles. The van der Waals surface area contributed by atoms with Gasteiger partial charge in [-0.15, -0.1) is 0 Å². The fourth-order valence-electron chi connectivity index (χ4n) is 15.8. The van der Waals surface area contributed by atoms with Gasteiger partial charge in [0.1, 0.15) is 23.7 Å². The number of aliphatic hydroxyl groups is 3. The van der Waals surface area contributed by atoms with Crippen molar-refractivity contribution in [2.45, 2.75) is 163 Å². The molecule has 11 aliphatic rings. The number of ether oxygens (including phenoxy) is 2. The number of nitrogens with one attached hydrogen (secondary N) is 2. The van der Waals surface area contributed by atoms with Crippen LogP contribution in [-0.4, -0.2) is 60.3 Å². The predicted octanol–water partition coefficient (Wildman–Crippen LogP) is 10.0. The first kappa shape index (κ1) is 47.4. The van der Waals surface area contributed by atoms with Gasteiger partial charge in [0.25, 0.3) is 0 Å². The summed E-state index contributed by atoms with van der Waals surface area (Å²) in [5.41, 5.74) is 14.0. The van der Waals surface area contributed by atoms with Crippen LogP contribution < -0.4 is 20.5 Å². The molecule has 72 heavy (non-hydrogen) atoms. The van der Waals surface area contributed by atoms with E-state index in [1.54, 1.807) is 16.9 Å². The molecule has 10 bridgehead atoms. The van der Waals surface area contributed by atoms with Gasteiger partial charge >= 0.3 is 0 Å². The van der Waals surface area contributed by atoms with Gasteiger partial charge in [0.15, 0.2) is 17.7 Å². The molecule has 2 aromatic carbocycles. The molecule has 8 heterocycles. The van der Waals surface area contributed by atoms with Crippen molar-refractivity contribution in [1.82, 2.24) is 14.9 Å². The van der Waals surface area contributed by atoms with Gasteiger partial charge in [-0.1, -0.05) is 109 Å². The number of ketones is 1. The maximum Gasteiger partial charge on any atom is 0.191 e. The van der Waals surface area contributed by atoms with E-state index in [4.69, 9.17) is 15.2 Å². The highest BCUT2D eigenvalue weighted by Crippen LogP contribution is 2.66. The number of H-pyrrole nitrogens is 1. The molecule has 3 spiro atoms. The minimum atomic E-state index is -1.08. The first-order valence-corrected chi connectivity index (χ1v) is 29.6. The second-order valence-corrected chi connectivity index (χ2v) is 25.8. The number of aromatic amines is 1. The van der Waals surface area contributed by atoms with E-state index < -0.39 is 41.8 Å². The molecule has 0 saturated heterocycles. The van der Waals surface area contributed by atoms with Crippen LogP contribution in [0.1, 0.15) is 173 Å². The Morgan fingerprint density at radius 1 is 0.972 bits per heavy atom. The quantitative estimate of drug-likeness (QED) is 0.0533. The molecule has 5 aliphatic carbocycles. The van der Waals surface area contributed by atoms with Gasteiger partial charge in [0, 0.05) is 89.3 Å². The molecule has 378 valence electrons. The molecule has 0 radical (unpaired) electrons. The van der Waals surface area contributed by atoms with Crippen LogP contribution in [0, 0.1) is 58.4 Å². The Balaban J connectivity index is 0.933. The molecule has 0 amide bonds. The van der Waals surface area contributed by atoms with Crippen LogP contribution in [0.25, 0.3) is 10.9 Å². The number of hydrogen-bond acceptors (Lipinski definition) is 11. The summed E-state index contributed by atoms with van der Waals surface area (Å²) >= 11 is 0. The topological polar surface area (TPSA) is 175 Å². The van der Waals surface area contributed by atoms with E-state index in [0.29, 0.717) is 47.6 Å². The number of carbonyl (C=O) groups excluding carboxylic acids is 1. The number of aromatic nitrogens is 2. The van der Waals surface area contributed by atoms with Gasteiger partial charge in [0.05, 0.1) is 35.2 Å². The van der Waals surface area contributed by atoms with Crippen molar-refractivity contribution in [1.29, 1.82) is 0 Å². The number of Topliss-reactive ketones (excluding diaryl/α,β-unsaturated/α-hetero) is 1. The molecule has 3 saturated carbocycles. The van der Waals surface area contributed by atoms with Crippen molar-refractivity contribution >= 4 is 38.3 Å². The highest BCUT2D eigenvalue weighted by Gasteiger charge is 2.58. The second kappa shape index (κ2) is 18.5. The van der Waals surface area contributed by atoms with Gasteiger partial charge in [-0.3, -0.25) is 10.1 Å². The van der Waals surface area contributed by atoms with E-state index in [-0.39, 0.29) is 53.7 Å². The molecular formula is C59H68N4O7S2. The molecular weight excluding hydrogens is 941 g/mol. The highest BCUT2D eigenvalue weighted by molar-refractivity contribution is 8.76. The molecule has 10 unspecified atom stereocenters. The summed E-state index contributed by atoms with van der Waals surface area (Å²) < 4.78 is 16.2. The van der Waals surface area contributed by atoms with Gasteiger partial charge in [-0.25, -0.2) is 0 Å². The maximum absolute atomic E-state index is 14.0. The summed E-state index contributed by atoms with van der Waals surface area (Å²) in [5, 5.41) is 52.6. The number of nitrogens with zero attached hydrogens (tertiary/aromatic N) is 1. The Hall–Kier alpha value is -4.31. The fraction of sp³-hybridized carbons (Fsp3) is 0.576. The zero-order valence-electron chi connectivity index (χ0n) is 41.1. The van der Waals surface area contributed by atoms with Crippen LogP contribution in [0.4, 0.5) is 0 Å². The molecule has 4 aromatic rings. The molecule has 11 nitrogen and oxygen atoms in total. The number of rotatable bonds is 7. The fourth-order valence-corrected chi connectivity index (χ4v) is 18.5. The van der Waals surface area contributed by atoms with Crippen molar-refractivity contribution in [3.63, 3.8) is 0 Å². The number of carbonyl (C=O) groups is 1. The minimum Gasteiger partial charge on any atom is -0.508 e. The largest absolute Gasteiger partial charge is 0.508 e. The van der Waals surface area contributed by atoms with Crippen molar-refractivity contribution in [3.05, 3.63) is 87.9 Å². The van der Waals surface area contributed by atoms with Gasteiger partial charge in [-0.2, -0.15) is 0 Å². The van der Waals surface area contributed by atoms with Crippen molar-refractivity contribution in [2.24, 2.45) is 40.2 Å². The zero-order chi connectivity index (χ0) is 48.9. The number of fused-ring (bicyclic) bond motifs is 1. The number of benzene rings is 2. The lowest BCUT2D eigenvalue weighted by Gasteiger charge is -2.56. The molecule has 15 rings (SSSR count). The van der Waals surface area contributed by atoms with E-state index in [1.807, 2.05) is 16.9 Å². The number of nitrogens with two attached hydrogens (primary N) is 1. The first-order valence-electron chi connectivity index (χ1n) is 27.1. The average molecular weight is 1010 g/mol. The lowest BCUT2D eigenvalue weighted by molar-refractivity contribution is -0.122. The average Bonchev–Trinajstić information content (AvgIpc) is 4.21. The minimum absolute atomic E-state index is 0.00212. The lowest BCUT2D eigenvalue weighted by atomic mass is 9.51. The maximum atomic E-state index is 14.0. The predicted molar refractivity (Wildman–Crippen MR) is 281 cm³/mol. The van der Waals surface area contributed by atoms with Gasteiger partial charge in [0.2, 0.25) is 0 Å². The summed E-state index contributed by atoms with van der Waals surface area (Å²) in [5.74, 6) is 12.5. The van der Waals surface area contributed by atoms with E-state index in [2.05, 4.69) is 75.5 Å². The van der Waals surface area contributed by atoms with Crippen LogP contribution in [0.2, 0.25) is 0 Å². The van der Waals surface area contributed by atoms with Gasteiger partial charge in [-0.05, 0) is 103 Å². The normalized spacial score (nSPS) is 32.2. The summed E-state index contributed by atoms with van der Waals surface area (Å²) in [4.78, 5) is 17.7. The lowest BCUT2D eigenvalue weighted by Crippen LogP contribution is -2.56. The summed E-state index contributed by atoms with van der Waals surface area (Å²) in [6.07, 6.45) is 25.8. The number of hydrogen-bond donors (Lipinski definition) is 7. The summed E-state index contributed by atoms with van der Waals surface area (Å²) in [6, 6.07) is 5.84. The molecule has 8 N–H and O–H groups in total. The third kappa shape index (κ3) is 7.80. The Kier molecular flexibility index (Phi) is 12.2. The Bertz CT molecular complexity index is 2960. The third-order valence-corrected chi connectivity index (χ3v) is 21.8. The first-order chi connectivity index (χ1) is 35.0. The molecule has 2 aromatic heterocycles. The monoisotopic (exact) mass is 1010 g/mol. The number of aromatic hydroxyl groups is 1. The van der Waals surface area contributed by atoms with E-state index >= 15 is 0 Å².